The first-order valence-corrected chi connectivity index (χ1v) is 5.26. The van der Waals surface area contributed by atoms with Crippen LogP contribution in [0.1, 0.15) is 26.2 Å². The maximum atomic E-state index is 10.9. The Morgan fingerprint density at radius 2 is 2.36 bits per heavy atom. The molecule has 14 heavy (non-hydrogen) atoms. The van der Waals surface area contributed by atoms with Crippen LogP contribution in [0.5, 0.6) is 0 Å². The summed E-state index contributed by atoms with van der Waals surface area (Å²) in [4.78, 5) is 12.9. The smallest absolute Gasteiger partial charge is 0.320 e. The van der Waals surface area contributed by atoms with Gasteiger partial charge in [-0.05, 0) is 31.7 Å². The van der Waals surface area contributed by atoms with Crippen molar-refractivity contribution in [2.24, 2.45) is 5.92 Å². The first-order valence-electron chi connectivity index (χ1n) is 5.26. The second kappa shape index (κ2) is 5.32. The number of hydrogen-bond acceptors (Lipinski definition) is 3. The van der Waals surface area contributed by atoms with E-state index in [-0.39, 0.29) is 12.6 Å². The number of hydrogen-bond donors (Lipinski definition) is 2. The Morgan fingerprint density at radius 1 is 1.64 bits per heavy atom. The van der Waals surface area contributed by atoms with Gasteiger partial charge >= 0.3 is 5.97 Å². The van der Waals surface area contributed by atoms with Gasteiger partial charge in [-0.1, -0.05) is 6.92 Å². The number of rotatable bonds is 5. The van der Waals surface area contributed by atoms with Gasteiger partial charge in [0.15, 0.2) is 0 Å². The van der Waals surface area contributed by atoms with Crippen LogP contribution in [0.3, 0.4) is 0 Å². The van der Waals surface area contributed by atoms with Gasteiger partial charge in [0, 0.05) is 13.2 Å². The van der Waals surface area contributed by atoms with E-state index >= 15 is 0 Å². The minimum Gasteiger partial charge on any atom is -0.480 e. The molecule has 0 spiro atoms. The van der Waals surface area contributed by atoms with E-state index < -0.39 is 5.97 Å². The lowest BCUT2D eigenvalue weighted by molar-refractivity contribution is -0.143. The summed E-state index contributed by atoms with van der Waals surface area (Å²) >= 11 is 0. The molecule has 82 valence electrons. The zero-order valence-electron chi connectivity index (χ0n) is 8.65. The van der Waals surface area contributed by atoms with Crippen LogP contribution in [-0.2, 0) is 4.79 Å². The fourth-order valence-electron chi connectivity index (χ4n) is 2.15. The minimum absolute atomic E-state index is 0.211. The maximum absolute atomic E-state index is 10.9. The van der Waals surface area contributed by atoms with Gasteiger partial charge in [0.2, 0.25) is 0 Å². The number of carboxylic acids is 1. The number of carboxylic acid groups (broad SMARTS) is 1. The van der Waals surface area contributed by atoms with Crippen LogP contribution in [-0.4, -0.2) is 46.8 Å². The van der Waals surface area contributed by atoms with Crippen LogP contribution >= 0.6 is 0 Å². The highest BCUT2D eigenvalue weighted by Gasteiger charge is 2.30. The SMILES string of the molecule is CCC(C(=O)O)N1CCC(CCO)C1. The summed E-state index contributed by atoms with van der Waals surface area (Å²) in [6, 6.07) is -0.335. The van der Waals surface area contributed by atoms with Gasteiger partial charge in [0.25, 0.3) is 0 Å². The minimum atomic E-state index is -0.725. The highest BCUT2D eigenvalue weighted by atomic mass is 16.4. The van der Waals surface area contributed by atoms with Gasteiger partial charge < -0.3 is 10.2 Å². The van der Waals surface area contributed by atoms with Crippen molar-refractivity contribution in [2.45, 2.75) is 32.2 Å². The second-order valence-corrected chi connectivity index (χ2v) is 3.92. The molecule has 0 saturated carbocycles. The molecule has 4 heteroatoms. The third-order valence-electron chi connectivity index (χ3n) is 2.97. The van der Waals surface area contributed by atoms with E-state index in [9.17, 15) is 4.79 Å². The van der Waals surface area contributed by atoms with Crippen molar-refractivity contribution in [1.82, 2.24) is 4.90 Å². The van der Waals surface area contributed by atoms with E-state index in [0.717, 1.165) is 25.9 Å². The molecule has 0 aromatic rings. The number of aliphatic hydroxyl groups is 1. The predicted octanol–water partition coefficient (Wildman–Crippen LogP) is 0.554. The topological polar surface area (TPSA) is 60.8 Å². The van der Waals surface area contributed by atoms with E-state index in [2.05, 4.69) is 0 Å². The Labute approximate surface area is 84.5 Å². The van der Waals surface area contributed by atoms with E-state index in [1.165, 1.54) is 0 Å². The molecule has 2 atom stereocenters. The lowest BCUT2D eigenvalue weighted by Crippen LogP contribution is -2.39. The quantitative estimate of drug-likeness (QED) is 0.682. The summed E-state index contributed by atoms with van der Waals surface area (Å²) in [7, 11) is 0. The van der Waals surface area contributed by atoms with Gasteiger partial charge in [0.1, 0.15) is 6.04 Å². The van der Waals surface area contributed by atoms with Gasteiger partial charge in [-0.15, -0.1) is 0 Å². The van der Waals surface area contributed by atoms with Crippen LogP contribution in [0.4, 0.5) is 0 Å². The molecule has 1 heterocycles. The Kier molecular flexibility index (Phi) is 4.35. The lowest BCUT2D eigenvalue weighted by Gasteiger charge is -2.22. The molecule has 2 N–H and O–H groups in total. The third kappa shape index (κ3) is 2.69. The van der Waals surface area contributed by atoms with Crippen LogP contribution in [0, 0.1) is 5.92 Å². The van der Waals surface area contributed by atoms with E-state index in [1.54, 1.807) is 0 Å². The predicted molar refractivity (Wildman–Crippen MR) is 53.1 cm³/mol. The standard InChI is InChI=1S/C10H19NO3/c1-2-9(10(13)14)11-5-3-8(7-11)4-6-12/h8-9,12H,2-7H2,1H3,(H,13,14). The number of aliphatic hydroxyl groups excluding tert-OH is 1. The molecule has 0 amide bonds. The highest BCUT2D eigenvalue weighted by molar-refractivity contribution is 5.73. The van der Waals surface area contributed by atoms with Crippen molar-refractivity contribution < 1.29 is 15.0 Å². The van der Waals surface area contributed by atoms with E-state index in [1.807, 2.05) is 11.8 Å². The molecule has 1 aliphatic heterocycles. The van der Waals surface area contributed by atoms with Gasteiger partial charge in [-0.25, -0.2) is 0 Å². The lowest BCUT2D eigenvalue weighted by atomic mass is 10.1. The number of nitrogens with zero attached hydrogens (tertiary/aromatic N) is 1. The fraction of sp³-hybridized carbons (Fsp3) is 0.900. The fourth-order valence-corrected chi connectivity index (χ4v) is 2.15. The van der Waals surface area contributed by atoms with Gasteiger partial charge in [0.05, 0.1) is 0 Å². The van der Waals surface area contributed by atoms with Crippen molar-refractivity contribution >= 4 is 5.97 Å². The molecule has 0 aromatic heterocycles. The zero-order chi connectivity index (χ0) is 10.6. The summed E-state index contributed by atoms with van der Waals surface area (Å²) in [6.07, 6.45) is 2.47. The first kappa shape index (κ1) is 11.5. The molecule has 1 saturated heterocycles. The second-order valence-electron chi connectivity index (χ2n) is 3.92. The summed E-state index contributed by atoms with van der Waals surface area (Å²) < 4.78 is 0. The molecule has 1 fully saturated rings. The van der Waals surface area contributed by atoms with Gasteiger partial charge in [-0.2, -0.15) is 0 Å². The average Bonchev–Trinajstić information content (AvgIpc) is 2.54. The summed E-state index contributed by atoms with van der Waals surface area (Å²) in [5.41, 5.74) is 0. The average molecular weight is 201 g/mol. The van der Waals surface area contributed by atoms with Gasteiger partial charge in [-0.3, -0.25) is 9.69 Å². The molecule has 0 aliphatic carbocycles. The molecule has 0 radical (unpaired) electrons. The molecular formula is C10H19NO3. The number of likely N-dealkylation sites (tertiary alicyclic amines) is 1. The van der Waals surface area contributed by atoms with E-state index in [0.29, 0.717) is 12.3 Å². The van der Waals surface area contributed by atoms with Crippen molar-refractivity contribution in [2.75, 3.05) is 19.7 Å². The highest BCUT2D eigenvalue weighted by Crippen LogP contribution is 2.22. The largest absolute Gasteiger partial charge is 0.480 e. The Balaban J connectivity index is 2.43. The Morgan fingerprint density at radius 3 is 2.86 bits per heavy atom. The first-order chi connectivity index (χ1) is 6.69. The van der Waals surface area contributed by atoms with Crippen molar-refractivity contribution in [3.63, 3.8) is 0 Å². The normalized spacial score (nSPS) is 25.1. The summed E-state index contributed by atoms with van der Waals surface area (Å²) in [5, 5.41) is 17.7. The molecule has 4 nitrogen and oxygen atoms in total. The van der Waals surface area contributed by atoms with Crippen molar-refractivity contribution in [1.29, 1.82) is 0 Å². The van der Waals surface area contributed by atoms with Crippen molar-refractivity contribution in [3.05, 3.63) is 0 Å². The maximum Gasteiger partial charge on any atom is 0.320 e. The van der Waals surface area contributed by atoms with Crippen LogP contribution in [0.25, 0.3) is 0 Å². The Bertz CT molecular complexity index is 196. The van der Waals surface area contributed by atoms with Crippen LogP contribution in [0.15, 0.2) is 0 Å². The van der Waals surface area contributed by atoms with Crippen LogP contribution in [0.2, 0.25) is 0 Å². The Hall–Kier alpha value is -0.610. The number of aliphatic carboxylic acids is 1. The molecule has 2 unspecified atom stereocenters. The molecule has 1 aliphatic rings. The number of carbonyl (C=O) groups is 1. The van der Waals surface area contributed by atoms with Crippen molar-refractivity contribution in [3.8, 4) is 0 Å². The molecule has 0 bridgehead atoms. The van der Waals surface area contributed by atoms with E-state index in [4.69, 9.17) is 10.2 Å². The third-order valence-corrected chi connectivity index (χ3v) is 2.97. The monoisotopic (exact) mass is 201 g/mol. The zero-order valence-corrected chi connectivity index (χ0v) is 8.65. The molecular weight excluding hydrogens is 182 g/mol. The summed E-state index contributed by atoms with van der Waals surface area (Å²) in [5.74, 6) is -0.245. The molecule has 0 aromatic carbocycles. The molecule has 1 rings (SSSR count). The summed E-state index contributed by atoms with van der Waals surface area (Å²) in [6.45, 7) is 3.79. The van der Waals surface area contributed by atoms with Crippen LogP contribution < -0.4 is 0 Å².